The van der Waals surface area contributed by atoms with Crippen LogP contribution < -0.4 is 9.64 Å². The molecule has 9 heteroatoms. The summed E-state index contributed by atoms with van der Waals surface area (Å²) >= 11 is -2.49. The van der Waals surface area contributed by atoms with Crippen molar-refractivity contribution in [1.82, 2.24) is 0 Å². The third-order valence-electron chi connectivity index (χ3n) is 2.87. The zero-order valence-corrected chi connectivity index (χ0v) is 11.3. The van der Waals surface area contributed by atoms with Gasteiger partial charge in [-0.05, 0) is 12.5 Å². The zero-order chi connectivity index (χ0) is 14.5. The van der Waals surface area contributed by atoms with E-state index in [4.69, 9.17) is 4.74 Å². The summed E-state index contributed by atoms with van der Waals surface area (Å²) in [6, 6.07) is 4.45. The van der Waals surface area contributed by atoms with Gasteiger partial charge in [-0.3, -0.25) is 10.1 Å². The Kier molecular flexibility index (Phi) is 4.88. The van der Waals surface area contributed by atoms with Crippen LogP contribution in [0.4, 0.5) is 11.4 Å². The van der Waals surface area contributed by atoms with Crippen LogP contribution in [0.3, 0.4) is 0 Å². The molecule has 0 aliphatic carbocycles. The van der Waals surface area contributed by atoms with Gasteiger partial charge in [-0.25, -0.2) is 4.21 Å². The highest BCUT2D eigenvalue weighted by Crippen LogP contribution is 2.34. The monoisotopic (exact) mass is 301 g/mol. The molecule has 2 rings (SSSR count). The summed E-state index contributed by atoms with van der Waals surface area (Å²) in [6.07, 6.45) is 0.532. The van der Waals surface area contributed by atoms with E-state index in [1.807, 2.05) is 4.90 Å². The van der Waals surface area contributed by atoms with Crippen LogP contribution in [0.15, 0.2) is 18.2 Å². The average Bonchev–Trinajstić information content (AvgIpc) is 2.42. The number of nitro benzene ring substituents is 1. The van der Waals surface area contributed by atoms with E-state index < -0.39 is 16.3 Å². The number of nitro groups is 1. The second-order valence-electron chi connectivity index (χ2n) is 4.12. The van der Waals surface area contributed by atoms with Crippen molar-refractivity contribution in [2.75, 3.05) is 31.2 Å². The van der Waals surface area contributed by atoms with Crippen molar-refractivity contribution in [2.45, 2.75) is 6.42 Å². The first-order valence-corrected chi connectivity index (χ1v) is 6.96. The van der Waals surface area contributed by atoms with Crippen molar-refractivity contribution >= 4 is 22.7 Å². The summed E-state index contributed by atoms with van der Waals surface area (Å²) in [5.74, 6) is 0.471. The number of benzene rings is 1. The highest BCUT2D eigenvalue weighted by atomic mass is 32.2. The number of ether oxygens (including phenoxy) is 1. The first-order chi connectivity index (χ1) is 9.58. The van der Waals surface area contributed by atoms with Gasteiger partial charge in [0.2, 0.25) is 0 Å². The van der Waals surface area contributed by atoms with E-state index in [0.29, 0.717) is 31.9 Å². The molecule has 1 heterocycles. The molecule has 1 aromatic carbocycles. The van der Waals surface area contributed by atoms with Crippen LogP contribution >= 0.6 is 0 Å². The van der Waals surface area contributed by atoms with Crippen molar-refractivity contribution in [2.24, 2.45) is 0 Å². The molecule has 0 aromatic heterocycles. The van der Waals surface area contributed by atoms with Gasteiger partial charge in [-0.2, -0.15) is 0 Å². The largest absolute Gasteiger partial charge is 0.750 e. The second kappa shape index (κ2) is 6.64. The normalized spacial score (nSPS) is 15.3. The molecule has 0 spiro atoms. The zero-order valence-electron chi connectivity index (χ0n) is 10.5. The molecular weight excluding hydrogens is 288 g/mol. The topological polar surface area (TPSA) is 105 Å². The maximum Gasteiger partial charge on any atom is 0.273 e. The summed E-state index contributed by atoms with van der Waals surface area (Å²) in [4.78, 5) is 12.2. The van der Waals surface area contributed by atoms with Crippen LogP contribution in [0.1, 0.15) is 6.42 Å². The van der Waals surface area contributed by atoms with Crippen LogP contribution in [0.5, 0.6) is 5.75 Å². The molecule has 0 saturated heterocycles. The molecule has 20 heavy (non-hydrogen) atoms. The van der Waals surface area contributed by atoms with E-state index in [-0.39, 0.29) is 12.3 Å². The first kappa shape index (κ1) is 14.7. The predicted molar refractivity (Wildman–Crippen MR) is 70.3 cm³/mol. The number of hydrogen-bond donors (Lipinski definition) is 0. The smallest absolute Gasteiger partial charge is 0.273 e. The molecule has 1 atom stereocenters. The van der Waals surface area contributed by atoms with Gasteiger partial charge in [-0.1, -0.05) is 0 Å². The Morgan fingerprint density at radius 2 is 2.30 bits per heavy atom. The Hall–Kier alpha value is -1.71. The van der Waals surface area contributed by atoms with E-state index in [2.05, 4.69) is 4.18 Å². The number of hydrogen-bond acceptors (Lipinski definition) is 7. The fraction of sp³-hybridized carbons (Fsp3) is 0.455. The molecule has 0 N–H and O–H groups in total. The van der Waals surface area contributed by atoms with Crippen molar-refractivity contribution in [3.05, 3.63) is 28.3 Å². The second-order valence-corrected chi connectivity index (χ2v) is 4.77. The lowest BCUT2D eigenvalue weighted by molar-refractivity contribution is -0.384. The molecule has 0 saturated carbocycles. The number of nitrogens with zero attached hydrogens (tertiary/aromatic N) is 2. The molecule has 0 radical (unpaired) electrons. The van der Waals surface area contributed by atoms with Gasteiger partial charge in [0.15, 0.2) is 0 Å². The lowest BCUT2D eigenvalue weighted by Crippen LogP contribution is -2.34. The number of non-ortho nitro benzene ring substituents is 1. The van der Waals surface area contributed by atoms with E-state index in [1.165, 1.54) is 12.1 Å². The summed E-state index contributed by atoms with van der Waals surface area (Å²) in [5, 5.41) is 10.7. The highest BCUT2D eigenvalue weighted by molar-refractivity contribution is 7.74. The first-order valence-electron chi connectivity index (χ1n) is 5.96. The van der Waals surface area contributed by atoms with E-state index >= 15 is 0 Å². The van der Waals surface area contributed by atoms with Crippen LogP contribution in [-0.4, -0.2) is 40.0 Å². The number of fused-ring (bicyclic) bond motifs is 1. The van der Waals surface area contributed by atoms with Crippen LogP contribution in [0, 0.1) is 10.1 Å². The summed E-state index contributed by atoms with van der Waals surface area (Å²) in [5.41, 5.74) is 0.751. The van der Waals surface area contributed by atoms with E-state index in [0.717, 1.165) is 5.69 Å². The molecule has 1 unspecified atom stereocenters. The Morgan fingerprint density at radius 3 is 3.00 bits per heavy atom. The SMILES string of the molecule is O=[N+]([O-])c1ccc2c(c1)OCCN2CCCOS(=O)[O-]. The fourth-order valence-corrected chi connectivity index (χ4v) is 2.25. The van der Waals surface area contributed by atoms with Crippen molar-refractivity contribution in [3.63, 3.8) is 0 Å². The van der Waals surface area contributed by atoms with Gasteiger partial charge in [0.1, 0.15) is 12.4 Å². The van der Waals surface area contributed by atoms with Gasteiger partial charge >= 0.3 is 0 Å². The standard InChI is InChI=1S/C11H14N2O6S/c14-13(15)9-2-3-10-11(8-9)18-7-5-12(10)4-1-6-19-20(16)17/h2-3,8H,1,4-7H2,(H,16,17)/p-1. The lowest BCUT2D eigenvalue weighted by Gasteiger charge is -2.31. The molecular formula is C11H13N2O6S-. The Labute approximate surface area is 117 Å². The molecule has 1 aliphatic rings. The molecule has 0 amide bonds. The Balaban J connectivity index is 2.01. The molecule has 1 aliphatic heterocycles. The Morgan fingerprint density at radius 1 is 1.50 bits per heavy atom. The van der Waals surface area contributed by atoms with E-state index in [1.54, 1.807) is 6.07 Å². The Bertz CT molecular complexity index is 524. The quantitative estimate of drug-likeness (QED) is 0.334. The van der Waals surface area contributed by atoms with Gasteiger partial charge in [0.25, 0.3) is 5.69 Å². The lowest BCUT2D eigenvalue weighted by atomic mass is 10.2. The number of rotatable bonds is 6. The van der Waals surface area contributed by atoms with Crippen molar-refractivity contribution in [1.29, 1.82) is 0 Å². The average molecular weight is 301 g/mol. The predicted octanol–water partition coefficient (Wildman–Crippen LogP) is 0.994. The van der Waals surface area contributed by atoms with Gasteiger partial charge in [0, 0.05) is 12.6 Å². The summed E-state index contributed by atoms with van der Waals surface area (Å²) in [6.45, 7) is 1.77. The molecule has 0 fully saturated rings. The minimum absolute atomic E-state index is 0.0179. The third-order valence-corrected chi connectivity index (χ3v) is 3.22. The van der Waals surface area contributed by atoms with E-state index in [9.17, 15) is 18.9 Å². The van der Waals surface area contributed by atoms with Gasteiger partial charge < -0.3 is 18.4 Å². The third kappa shape index (κ3) is 3.65. The molecule has 0 bridgehead atoms. The molecule has 110 valence electrons. The summed E-state index contributed by atoms with van der Waals surface area (Å²) in [7, 11) is 0. The fourth-order valence-electron chi connectivity index (χ4n) is 1.99. The molecule has 8 nitrogen and oxygen atoms in total. The van der Waals surface area contributed by atoms with Crippen molar-refractivity contribution in [3.8, 4) is 5.75 Å². The molecule has 1 aromatic rings. The minimum atomic E-state index is -2.49. The van der Waals surface area contributed by atoms with Crippen LogP contribution in [0.25, 0.3) is 0 Å². The minimum Gasteiger partial charge on any atom is -0.750 e. The maximum atomic E-state index is 10.7. The van der Waals surface area contributed by atoms with Crippen LogP contribution in [-0.2, 0) is 15.5 Å². The number of anilines is 1. The van der Waals surface area contributed by atoms with Crippen molar-refractivity contribution < 1.29 is 22.6 Å². The van der Waals surface area contributed by atoms with Gasteiger partial charge in [0.05, 0.1) is 41.2 Å². The van der Waals surface area contributed by atoms with Crippen LogP contribution in [0.2, 0.25) is 0 Å². The van der Waals surface area contributed by atoms with Gasteiger partial charge in [-0.15, -0.1) is 0 Å². The highest BCUT2D eigenvalue weighted by Gasteiger charge is 2.20. The maximum absolute atomic E-state index is 10.7. The summed E-state index contributed by atoms with van der Waals surface area (Å²) < 4.78 is 30.3.